The van der Waals surface area contributed by atoms with Crippen LogP contribution in [0.15, 0.2) is 48.5 Å². The summed E-state index contributed by atoms with van der Waals surface area (Å²) in [5.74, 6) is 0.380. The van der Waals surface area contributed by atoms with E-state index in [1.807, 2.05) is 13.8 Å². The van der Waals surface area contributed by atoms with E-state index in [4.69, 9.17) is 4.74 Å². The Kier molecular flexibility index (Phi) is 4.51. The third-order valence-electron chi connectivity index (χ3n) is 2.80. The van der Waals surface area contributed by atoms with Crippen molar-refractivity contribution in [3.05, 3.63) is 65.5 Å². The van der Waals surface area contributed by atoms with E-state index in [-0.39, 0.29) is 24.1 Å². The van der Waals surface area contributed by atoms with Crippen molar-refractivity contribution >= 4 is 5.78 Å². The second-order valence-electron chi connectivity index (χ2n) is 4.92. The molecule has 2 nitrogen and oxygen atoms in total. The van der Waals surface area contributed by atoms with Crippen LogP contribution >= 0.6 is 0 Å². The molecule has 0 saturated carbocycles. The lowest BCUT2D eigenvalue weighted by Crippen LogP contribution is -2.07. The molecular weight excluding hydrogens is 255 g/mol. The highest BCUT2D eigenvalue weighted by atomic mass is 19.1. The van der Waals surface area contributed by atoms with Crippen LogP contribution in [0.2, 0.25) is 0 Å². The summed E-state index contributed by atoms with van der Waals surface area (Å²) in [6, 6.07) is 13.1. The van der Waals surface area contributed by atoms with Crippen molar-refractivity contribution in [2.45, 2.75) is 26.4 Å². The van der Waals surface area contributed by atoms with Gasteiger partial charge in [-0.1, -0.05) is 12.1 Å². The van der Waals surface area contributed by atoms with Gasteiger partial charge in [-0.25, -0.2) is 4.39 Å². The summed E-state index contributed by atoms with van der Waals surface area (Å²) < 4.78 is 18.6. The van der Waals surface area contributed by atoms with Crippen LogP contribution < -0.4 is 4.74 Å². The Balaban J connectivity index is 2.06. The summed E-state index contributed by atoms with van der Waals surface area (Å²) in [6.07, 6.45) is 0.297. The smallest absolute Gasteiger partial charge is 0.167 e. The Hall–Kier alpha value is -2.16. The van der Waals surface area contributed by atoms with Gasteiger partial charge in [0.05, 0.1) is 6.10 Å². The summed E-state index contributed by atoms with van der Waals surface area (Å²) in [6.45, 7) is 3.89. The van der Waals surface area contributed by atoms with Gasteiger partial charge in [-0.2, -0.15) is 0 Å². The molecule has 0 saturated heterocycles. The number of hydrogen-bond donors (Lipinski definition) is 0. The fraction of sp³-hybridized carbons (Fsp3) is 0.235. The van der Waals surface area contributed by atoms with Gasteiger partial charge in [0, 0.05) is 12.0 Å². The van der Waals surface area contributed by atoms with Crippen LogP contribution in [0.3, 0.4) is 0 Å². The molecule has 0 spiro atoms. The van der Waals surface area contributed by atoms with Gasteiger partial charge in [0.1, 0.15) is 11.6 Å². The first kappa shape index (κ1) is 14.3. The van der Waals surface area contributed by atoms with Gasteiger partial charge in [-0.05, 0) is 55.8 Å². The van der Waals surface area contributed by atoms with Crippen molar-refractivity contribution in [2.75, 3.05) is 0 Å². The summed E-state index contributed by atoms with van der Waals surface area (Å²) in [4.78, 5) is 12.1. The fourth-order valence-electron chi connectivity index (χ4n) is 1.93. The van der Waals surface area contributed by atoms with Crippen LogP contribution in [0.4, 0.5) is 4.39 Å². The predicted octanol–water partition coefficient (Wildman–Crippen LogP) is 4.04. The fourth-order valence-corrected chi connectivity index (χ4v) is 1.93. The van der Waals surface area contributed by atoms with Crippen molar-refractivity contribution in [2.24, 2.45) is 0 Å². The number of carbonyl (C=O) groups is 1. The maximum atomic E-state index is 13.1. The van der Waals surface area contributed by atoms with Crippen LogP contribution in [0.5, 0.6) is 5.75 Å². The van der Waals surface area contributed by atoms with Gasteiger partial charge >= 0.3 is 0 Å². The van der Waals surface area contributed by atoms with E-state index in [0.29, 0.717) is 11.1 Å². The highest BCUT2D eigenvalue weighted by Gasteiger charge is 2.08. The topological polar surface area (TPSA) is 26.3 Å². The molecule has 2 aromatic carbocycles. The second kappa shape index (κ2) is 6.33. The number of ether oxygens (including phenoxy) is 1. The van der Waals surface area contributed by atoms with Crippen LogP contribution in [0.1, 0.15) is 29.8 Å². The van der Waals surface area contributed by atoms with E-state index in [1.54, 1.807) is 36.4 Å². The first-order valence-electron chi connectivity index (χ1n) is 6.59. The van der Waals surface area contributed by atoms with Crippen molar-refractivity contribution in [3.63, 3.8) is 0 Å². The summed E-state index contributed by atoms with van der Waals surface area (Å²) in [5, 5.41) is 0. The monoisotopic (exact) mass is 272 g/mol. The molecule has 0 heterocycles. The molecule has 0 aliphatic carbocycles. The lowest BCUT2D eigenvalue weighted by atomic mass is 10.0. The minimum Gasteiger partial charge on any atom is -0.491 e. The summed E-state index contributed by atoms with van der Waals surface area (Å²) >= 11 is 0. The molecule has 104 valence electrons. The molecule has 2 aromatic rings. The number of benzene rings is 2. The zero-order valence-corrected chi connectivity index (χ0v) is 11.6. The lowest BCUT2D eigenvalue weighted by molar-refractivity contribution is 0.0993. The predicted molar refractivity (Wildman–Crippen MR) is 76.6 cm³/mol. The minimum atomic E-state index is -0.323. The normalized spacial score (nSPS) is 10.6. The van der Waals surface area contributed by atoms with E-state index in [2.05, 4.69) is 0 Å². The van der Waals surface area contributed by atoms with Crippen LogP contribution in [0.25, 0.3) is 0 Å². The van der Waals surface area contributed by atoms with Gasteiger partial charge in [0.15, 0.2) is 5.78 Å². The molecule has 0 aliphatic rings. The minimum absolute atomic E-state index is 0.0355. The molecule has 0 aliphatic heterocycles. The molecule has 0 unspecified atom stereocenters. The highest BCUT2D eigenvalue weighted by molar-refractivity contribution is 5.97. The van der Waals surface area contributed by atoms with E-state index < -0.39 is 0 Å². The molecule has 0 aromatic heterocycles. The average molecular weight is 272 g/mol. The Labute approximate surface area is 118 Å². The van der Waals surface area contributed by atoms with Gasteiger partial charge in [-0.15, -0.1) is 0 Å². The molecule has 2 rings (SSSR count). The van der Waals surface area contributed by atoms with E-state index in [0.717, 1.165) is 5.75 Å². The summed E-state index contributed by atoms with van der Waals surface area (Å²) in [5.41, 5.74) is 1.28. The molecule has 20 heavy (non-hydrogen) atoms. The Morgan fingerprint density at radius 2 is 1.85 bits per heavy atom. The zero-order chi connectivity index (χ0) is 14.5. The molecule has 0 bridgehead atoms. The number of rotatable bonds is 5. The van der Waals surface area contributed by atoms with Gasteiger partial charge < -0.3 is 4.74 Å². The molecule has 0 atom stereocenters. The SMILES string of the molecule is CC(C)Oc1ccc(C(=O)Cc2cccc(F)c2)cc1. The Morgan fingerprint density at radius 1 is 1.15 bits per heavy atom. The molecule has 0 radical (unpaired) electrons. The van der Waals surface area contributed by atoms with Crippen molar-refractivity contribution in [1.29, 1.82) is 0 Å². The number of hydrogen-bond acceptors (Lipinski definition) is 2. The van der Waals surface area contributed by atoms with E-state index in [9.17, 15) is 9.18 Å². The van der Waals surface area contributed by atoms with Crippen molar-refractivity contribution in [1.82, 2.24) is 0 Å². The Bertz CT molecular complexity index is 588. The van der Waals surface area contributed by atoms with Gasteiger partial charge in [0.2, 0.25) is 0 Å². The lowest BCUT2D eigenvalue weighted by Gasteiger charge is -2.09. The van der Waals surface area contributed by atoms with E-state index in [1.165, 1.54) is 12.1 Å². The third-order valence-corrected chi connectivity index (χ3v) is 2.80. The van der Waals surface area contributed by atoms with E-state index >= 15 is 0 Å². The number of halogens is 1. The highest BCUT2D eigenvalue weighted by Crippen LogP contribution is 2.15. The zero-order valence-electron chi connectivity index (χ0n) is 11.6. The molecular formula is C17H17FO2. The Morgan fingerprint density at radius 3 is 2.45 bits per heavy atom. The standard InChI is InChI=1S/C17H17FO2/c1-12(2)20-16-8-6-14(7-9-16)17(19)11-13-4-3-5-15(18)10-13/h3-10,12H,11H2,1-2H3. The summed E-state index contributed by atoms with van der Waals surface area (Å²) in [7, 11) is 0. The maximum Gasteiger partial charge on any atom is 0.167 e. The van der Waals surface area contributed by atoms with Crippen molar-refractivity contribution < 1.29 is 13.9 Å². The van der Waals surface area contributed by atoms with Gasteiger partial charge in [0.25, 0.3) is 0 Å². The van der Waals surface area contributed by atoms with Crippen molar-refractivity contribution in [3.8, 4) is 5.75 Å². The van der Waals surface area contributed by atoms with Crippen LogP contribution in [-0.2, 0) is 6.42 Å². The number of ketones is 1. The third kappa shape index (κ3) is 3.92. The van der Waals surface area contributed by atoms with Gasteiger partial charge in [-0.3, -0.25) is 4.79 Å². The maximum absolute atomic E-state index is 13.1. The molecule has 3 heteroatoms. The number of carbonyl (C=O) groups excluding carboxylic acids is 1. The molecule has 0 amide bonds. The van der Waals surface area contributed by atoms with Crippen LogP contribution in [-0.4, -0.2) is 11.9 Å². The quantitative estimate of drug-likeness (QED) is 0.768. The molecule has 0 N–H and O–H groups in total. The van der Waals surface area contributed by atoms with Crippen LogP contribution in [0, 0.1) is 5.82 Å². The first-order chi connectivity index (χ1) is 9.54. The first-order valence-corrected chi connectivity index (χ1v) is 6.59. The molecule has 0 fully saturated rings. The second-order valence-corrected chi connectivity index (χ2v) is 4.92. The largest absolute Gasteiger partial charge is 0.491 e. The number of Topliss-reactive ketones (excluding diaryl/α,β-unsaturated/α-hetero) is 1. The average Bonchev–Trinajstić information content (AvgIpc) is 2.38.